The van der Waals surface area contributed by atoms with Gasteiger partial charge in [-0.25, -0.2) is 9.97 Å². The van der Waals surface area contributed by atoms with Crippen molar-refractivity contribution in [3.8, 4) is 0 Å². The molecule has 0 atom stereocenters. The van der Waals surface area contributed by atoms with Gasteiger partial charge in [0.25, 0.3) is 0 Å². The summed E-state index contributed by atoms with van der Waals surface area (Å²) in [6, 6.07) is 0. The van der Waals surface area contributed by atoms with Crippen molar-refractivity contribution in [1.82, 2.24) is 9.97 Å². The lowest BCUT2D eigenvalue weighted by Gasteiger charge is -2.19. The summed E-state index contributed by atoms with van der Waals surface area (Å²) in [6.45, 7) is 11.4. The third kappa shape index (κ3) is 3.03. The fraction of sp³-hybridized carbons (Fsp3) is 0.636. The fourth-order valence-electron chi connectivity index (χ4n) is 1.18. The van der Waals surface area contributed by atoms with E-state index in [-0.39, 0.29) is 5.41 Å². The van der Waals surface area contributed by atoms with Gasteiger partial charge in [-0.3, -0.25) is 0 Å². The zero-order valence-corrected chi connectivity index (χ0v) is 12.1. The van der Waals surface area contributed by atoms with Crippen molar-refractivity contribution >= 4 is 28.4 Å². The monoisotopic (exact) mass is 319 g/mol. The quantitative estimate of drug-likeness (QED) is 0.851. The van der Waals surface area contributed by atoms with Crippen LogP contribution in [0.4, 0.5) is 5.82 Å². The second-order valence-corrected chi connectivity index (χ2v) is 5.65. The van der Waals surface area contributed by atoms with Gasteiger partial charge in [-0.1, -0.05) is 20.8 Å². The molecule has 0 saturated heterocycles. The Morgan fingerprint density at radius 1 is 1.27 bits per heavy atom. The highest BCUT2D eigenvalue weighted by Gasteiger charge is 2.20. The van der Waals surface area contributed by atoms with Crippen molar-refractivity contribution in [1.29, 1.82) is 0 Å². The first-order chi connectivity index (χ1) is 6.86. The van der Waals surface area contributed by atoms with Crippen LogP contribution in [0.25, 0.3) is 0 Å². The van der Waals surface area contributed by atoms with Crippen LogP contribution in [0.15, 0.2) is 0 Å². The van der Waals surface area contributed by atoms with Crippen LogP contribution >= 0.6 is 22.6 Å². The lowest BCUT2D eigenvalue weighted by atomic mass is 9.95. The molecule has 0 fully saturated rings. The molecule has 0 aliphatic heterocycles. The van der Waals surface area contributed by atoms with Crippen molar-refractivity contribution in [2.24, 2.45) is 0 Å². The predicted molar refractivity (Wildman–Crippen MR) is 72.3 cm³/mol. The van der Waals surface area contributed by atoms with Crippen LogP contribution in [0, 0.1) is 10.5 Å². The second kappa shape index (κ2) is 4.63. The average Bonchev–Trinajstić information content (AvgIpc) is 2.11. The van der Waals surface area contributed by atoms with Crippen molar-refractivity contribution in [2.75, 3.05) is 11.9 Å². The van der Waals surface area contributed by atoms with Crippen molar-refractivity contribution in [3.63, 3.8) is 0 Å². The summed E-state index contributed by atoms with van der Waals surface area (Å²) in [4.78, 5) is 9.09. The predicted octanol–water partition coefficient (Wildman–Crippen LogP) is 3.12. The normalized spacial score (nSPS) is 11.6. The third-order valence-corrected chi connectivity index (χ3v) is 3.32. The van der Waals surface area contributed by atoms with E-state index in [0.29, 0.717) is 0 Å². The maximum absolute atomic E-state index is 4.56. The highest BCUT2D eigenvalue weighted by molar-refractivity contribution is 14.1. The highest BCUT2D eigenvalue weighted by Crippen LogP contribution is 2.24. The van der Waals surface area contributed by atoms with Gasteiger partial charge in [0, 0.05) is 12.0 Å². The second-order valence-electron chi connectivity index (χ2n) is 4.58. The summed E-state index contributed by atoms with van der Waals surface area (Å²) in [5.41, 5.74) is 1.05. The molecule has 1 N–H and O–H groups in total. The summed E-state index contributed by atoms with van der Waals surface area (Å²) in [6.07, 6.45) is 0. The first-order valence-electron chi connectivity index (χ1n) is 5.14. The van der Waals surface area contributed by atoms with Crippen LogP contribution in [0.2, 0.25) is 0 Å². The van der Waals surface area contributed by atoms with Crippen LogP contribution in [-0.4, -0.2) is 16.5 Å². The van der Waals surface area contributed by atoms with E-state index in [1.54, 1.807) is 0 Å². The molecule has 0 aliphatic carbocycles. The molecule has 0 saturated carbocycles. The first kappa shape index (κ1) is 12.7. The Balaban J connectivity index is 3.23. The molecule has 3 nitrogen and oxygen atoms in total. The Morgan fingerprint density at radius 2 is 1.87 bits per heavy atom. The van der Waals surface area contributed by atoms with E-state index in [0.717, 1.165) is 27.5 Å². The minimum absolute atomic E-state index is 0.000723. The molecule has 0 radical (unpaired) electrons. The van der Waals surface area contributed by atoms with Crippen LogP contribution in [0.1, 0.15) is 39.2 Å². The average molecular weight is 319 g/mol. The van der Waals surface area contributed by atoms with Gasteiger partial charge in [0.2, 0.25) is 0 Å². The molecule has 84 valence electrons. The standard InChI is InChI=1S/C11H18IN3/c1-6-13-9-8(12)7(2)14-10(15-9)11(3,4)5/h6H2,1-5H3,(H,13,14,15). The number of hydrogen-bond donors (Lipinski definition) is 1. The molecular weight excluding hydrogens is 301 g/mol. The van der Waals surface area contributed by atoms with Crippen molar-refractivity contribution in [3.05, 3.63) is 15.1 Å². The first-order valence-corrected chi connectivity index (χ1v) is 6.22. The zero-order chi connectivity index (χ0) is 11.6. The molecule has 0 amide bonds. The number of aromatic nitrogens is 2. The van der Waals surface area contributed by atoms with Crippen LogP contribution in [0.3, 0.4) is 0 Å². The van der Waals surface area contributed by atoms with Crippen molar-refractivity contribution < 1.29 is 0 Å². The molecule has 1 rings (SSSR count). The Hall–Kier alpha value is -0.390. The van der Waals surface area contributed by atoms with E-state index >= 15 is 0 Å². The molecule has 0 bridgehead atoms. The Labute approximate surface area is 105 Å². The topological polar surface area (TPSA) is 37.8 Å². The van der Waals surface area contributed by atoms with Gasteiger partial charge in [0.1, 0.15) is 11.6 Å². The molecule has 1 aromatic rings. The molecule has 0 aliphatic rings. The lowest BCUT2D eigenvalue weighted by Crippen LogP contribution is -2.19. The largest absolute Gasteiger partial charge is 0.369 e. The minimum Gasteiger partial charge on any atom is -0.369 e. The number of aryl methyl sites for hydroxylation is 1. The van der Waals surface area contributed by atoms with E-state index in [2.05, 4.69) is 65.6 Å². The molecule has 0 spiro atoms. The van der Waals surface area contributed by atoms with Crippen molar-refractivity contribution in [2.45, 2.75) is 40.0 Å². The van der Waals surface area contributed by atoms with E-state index in [1.165, 1.54) is 0 Å². The lowest BCUT2D eigenvalue weighted by molar-refractivity contribution is 0.543. The van der Waals surface area contributed by atoms with E-state index in [9.17, 15) is 0 Å². The summed E-state index contributed by atoms with van der Waals surface area (Å²) in [5.74, 6) is 1.85. The number of nitrogens with zero attached hydrogens (tertiary/aromatic N) is 2. The summed E-state index contributed by atoms with van der Waals surface area (Å²) >= 11 is 2.29. The molecule has 0 aromatic carbocycles. The SMILES string of the molecule is CCNc1nc(C(C)(C)C)nc(C)c1I. The summed E-state index contributed by atoms with van der Waals surface area (Å²) in [5, 5.41) is 3.27. The van der Waals surface area contributed by atoms with Gasteiger partial charge in [-0.05, 0) is 36.4 Å². The van der Waals surface area contributed by atoms with Gasteiger partial charge in [-0.15, -0.1) is 0 Å². The Bertz CT molecular complexity index is 356. The van der Waals surface area contributed by atoms with Crippen LogP contribution in [-0.2, 0) is 5.41 Å². The minimum atomic E-state index is -0.000723. The molecule has 1 aromatic heterocycles. The zero-order valence-electron chi connectivity index (χ0n) is 9.98. The highest BCUT2D eigenvalue weighted by atomic mass is 127. The van der Waals surface area contributed by atoms with Gasteiger partial charge in [0.15, 0.2) is 0 Å². The molecule has 15 heavy (non-hydrogen) atoms. The van der Waals surface area contributed by atoms with Gasteiger partial charge < -0.3 is 5.32 Å². The third-order valence-electron chi connectivity index (χ3n) is 2.03. The maximum atomic E-state index is 4.56. The smallest absolute Gasteiger partial charge is 0.143 e. The van der Waals surface area contributed by atoms with E-state index in [4.69, 9.17) is 0 Å². The van der Waals surface area contributed by atoms with Gasteiger partial charge in [-0.2, -0.15) is 0 Å². The molecule has 0 unspecified atom stereocenters. The number of halogens is 1. The Morgan fingerprint density at radius 3 is 2.33 bits per heavy atom. The summed E-state index contributed by atoms with van der Waals surface area (Å²) < 4.78 is 1.11. The van der Waals surface area contributed by atoms with E-state index < -0.39 is 0 Å². The van der Waals surface area contributed by atoms with Crippen LogP contribution in [0.5, 0.6) is 0 Å². The number of anilines is 1. The Kier molecular flexibility index (Phi) is 3.92. The van der Waals surface area contributed by atoms with E-state index in [1.807, 2.05) is 6.92 Å². The molecule has 1 heterocycles. The summed E-state index contributed by atoms with van der Waals surface area (Å²) in [7, 11) is 0. The molecule has 4 heteroatoms. The maximum Gasteiger partial charge on any atom is 0.143 e. The number of rotatable bonds is 2. The number of nitrogens with one attached hydrogen (secondary N) is 1. The molecular formula is C11H18IN3. The number of hydrogen-bond acceptors (Lipinski definition) is 3. The van der Waals surface area contributed by atoms with Crippen LogP contribution < -0.4 is 5.32 Å². The fourth-order valence-corrected chi connectivity index (χ4v) is 1.61. The van der Waals surface area contributed by atoms with Gasteiger partial charge in [0.05, 0.1) is 9.26 Å². The van der Waals surface area contributed by atoms with Gasteiger partial charge >= 0.3 is 0 Å².